The van der Waals surface area contributed by atoms with Crippen LogP contribution in [0.15, 0.2) is 46.9 Å². The fourth-order valence-corrected chi connectivity index (χ4v) is 4.15. The Hall–Kier alpha value is -4.72. The highest BCUT2D eigenvalue weighted by Gasteiger charge is 2.40. The van der Waals surface area contributed by atoms with Crippen LogP contribution in [0, 0.1) is 40.5 Å². The molecule has 3 aromatic carbocycles. The fourth-order valence-electron chi connectivity index (χ4n) is 3.77. The lowest BCUT2D eigenvalue weighted by atomic mass is 9.99. The molecule has 1 aliphatic rings. The molecule has 0 aromatic heterocycles. The van der Waals surface area contributed by atoms with Crippen LogP contribution in [0.1, 0.15) is 16.7 Å². The number of hydrogen-bond acceptors (Lipinski definition) is 9. The second-order valence-corrected chi connectivity index (χ2v) is 7.98. The number of rotatable bonds is 5. The Morgan fingerprint density at radius 1 is 0.706 bits per heavy atom. The Kier molecular flexibility index (Phi) is 5.29. The first-order valence-electron chi connectivity index (χ1n) is 9.14. The highest BCUT2D eigenvalue weighted by Crippen LogP contribution is 2.55. The molecule has 0 amide bonds. The molecular weight excluding hydrogens is 520 g/mol. The number of aromatic hydroxyl groups is 1. The predicted molar refractivity (Wildman–Crippen MR) is 121 cm³/mol. The van der Waals surface area contributed by atoms with Gasteiger partial charge >= 0.3 is 0 Å². The summed E-state index contributed by atoms with van der Waals surface area (Å²) in [6, 6.07) is 7.67. The Morgan fingerprint density at radius 3 is 1.59 bits per heavy atom. The van der Waals surface area contributed by atoms with E-state index < -0.39 is 42.4 Å². The van der Waals surface area contributed by atoms with E-state index in [1.807, 2.05) is 0 Å². The molecule has 3 aromatic rings. The summed E-state index contributed by atoms with van der Waals surface area (Å²) < 4.78 is 0.533. The summed E-state index contributed by atoms with van der Waals surface area (Å²) in [5.74, 6) is -0.231. The van der Waals surface area contributed by atoms with E-state index in [0.717, 1.165) is 12.1 Å². The zero-order valence-electron chi connectivity index (χ0n) is 16.5. The average molecular weight is 529 g/mol. The van der Waals surface area contributed by atoms with E-state index in [1.54, 1.807) is 0 Å². The van der Waals surface area contributed by atoms with Gasteiger partial charge in [-0.3, -0.25) is 40.5 Å². The molecule has 0 radical (unpaired) electrons. The summed E-state index contributed by atoms with van der Waals surface area (Å²) in [7, 11) is 0. The molecule has 0 saturated carbocycles. The van der Waals surface area contributed by atoms with E-state index >= 15 is 0 Å². The van der Waals surface area contributed by atoms with Crippen molar-refractivity contribution < 1.29 is 24.8 Å². The third-order valence-corrected chi connectivity index (χ3v) is 5.63. The first-order valence-corrected chi connectivity index (χ1v) is 9.94. The highest BCUT2D eigenvalue weighted by atomic mass is 79.9. The molecule has 4 rings (SSSR count). The van der Waals surface area contributed by atoms with Crippen LogP contribution in [0.3, 0.4) is 0 Å². The van der Waals surface area contributed by atoms with Crippen LogP contribution in [0.4, 0.5) is 22.7 Å². The van der Waals surface area contributed by atoms with Crippen molar-refractivity contribution in [3.8, 4) is 16.9 Å². The van der Waals surface area contributed by atoms with Crippen LogP contribution >= 0.6 is 15.9 Å². The molecule has 170 valence electrons. The van der Waals surface area contributed by atoms with Crippen LogP contribution in [0.2, 0.25) is 0 Å². The lowest BCUT2D eigenvalue weighted by molar-refractivity contribution is -0.395. The van der Waals surface area contributed by atoms with Crippen molar-refractivity contribution in [1.29, 1.82) is 0 Å². The normalized spacial score (nSPS) is 11.5. The standard InChI is InChI=1S/C20H9BrN4O9/c21-10-1-2-18(26)9(3-10)4-13-14-5-11(22(27)28)7-16(24(31)32)19(14)20-15(13)6-12(23(29)30)8-17(20)25(33)34/h1-8,26H. The molecule has 0 fully saturated rings. The number of phenols is 1. The summed E-state index contributed by atoms with van der Waals surface area (Å²) in [4.78, 5) is 43.0. The number of non-ortho nitro benzene ring substituents is 2. The van der Waals surface area contributed by atoms with Gasteiger partial charge in [0.05, 0.1) is 43.0 Å². The van der Waals surface area contributed by atoms with Gasteiger partial charge in [0.2, 0.25) is 0 Å². The lowest BCUT2D eigenvalue weighted by Gasteiger charge is -2.06. The van der Waals surface area contributed by atoms with Gasteiger partial charge in [0.1, 0.15) is 5.75 Å². The fraction of sp³-hybridized carbons (Fsp3) is 0. The quantitative estimate of drug-likeness (QED) is 0.262. The summed E-state index contributed by atoms with van der Waals surface area (Å²) in [6.45, 7) is 0. The van der Waals surface area contributed by atoms with Crippen molar-refractivity contribution in [3.05, 3.63) is 104 Å². The van der Waals surface area contributed by atoms with Gasteiger partial charge in [0.25, 0.3) is 22.7 Å². The van der Waals surface area contributed by atoms with E-state index in [4.69, 9.17) is 0 Å². The van der Waals surface area contributed by atoms with Crippen LogP contribution in [0.5, 0.6) is 5.75 Å². The number of nitro benzene ring substituents is 4. The third kappa shape index (κ3) is 3.61. The molecule has 34 heavy (non-hydrogen) atoms. The largest absolute Gasteiger partial charge is 0.507 e. The first-order chi connectivity index (χ1) is 16.0. The summed E-state index contributed by atoms with van der Waals surface area (Å²) in [5, 5.41) is 56.8. The molecule has 1 aliphatic carbocycles. The number of halogens is 1. The van der Waals surface area contributed by atoms with E-state index in [9.17, 15) is 45.6 Å². The SMILES string of the molecule is O=[N+]([O-])c1cc2c(c([N+](=O)[O-])c1)-c1c(cc([N+](=O)[O-])cc1[N+](=O)[O-])C2=Cc1cc(Br)ccc1O. The summed E-state index contributed by atoms with van der Waals surface area (Å²) in [5.41, 5.74) is -3.49. The minimum atomic E-state index is -0.916. The third-order valence-electron chi connectivity index (χ3n) is 5.14. The molecule has 0 spiro atoms. The molecule has 0 atom stereocenters. The molecule has 0 heterocycles. The number of phenolic OH excluding ortho intramolecular Hbond substituents is 1. The van der Waals surface area contributed by atoms with Gasteiger partial charge in [-0.15, -0.1) is 0 Å². The van der Waals surface area contributed by atoms with Crippen molar-refractivity contribution in [2.24, 2.45) is 0 Å². The van der Waals surface area contributed by atoms with Crippen LogP contribution < -0.4 is 0 Å². The monoisotopic (exact) mass is 528 g/mol. The molecule has 0 unspecified atom stereocenters. The Labute approximate surface area is 196 Å². The van der Waals surface area contributed by atoms with Crippen LogP contribution in [-0.2, 0) is 0 Å². The maximum absolute atomic E-state index is 11.8. The Balaban J connectivity index is 2.22. The number of benzene rings is 3. The van der Waals surface area contributed by atoms with Gasteiger partial charge in [0.15, 0.2) is 0 Å². The number of fused-ring (bicyclic) bond motifs is 3. The molecule has 14 heteroatoms. The van der Waals surface area contributed by atoms with Gasteiger partial charge in [-0.2, -0.15) is 0 Å². The molecule has 1 N–H and O–H groups in total. The summed E-state index contributed by atoms with van der Waals surface area (Å²) >= 11 is 3.23. The molecule has 13 nitrogen and oxygen atoms in total. The molecule has 0 saturated heterocycles. The summed E-state index contributed by atoms with van der Waals surface area (Å²) in [6.07, 6.45) is 1.30. The number of nitrogens with zero attached hydrogens (tertiary/aromatic N) is 4. The van der Waals surface area contributed by atoms with Gasteiger partial charge in [-0.05, 0) is 29.8 Å². The van der Waals surface area contributed by atoms with Crippen molar-refractivity contribution >= 4 is 50.3 Å². The van der Waals surface area contributed by atoms with E-state index in [2.05, 4.69) is 15.9 Å². The van der Waals surface area contributed by atoms with E-state index in [1.165, 1.54) is 24.3 Å². The molecule has 0 aliphatic heterocycles. The van der Waals surface area contributed by atoms with Crippen LogP contribution in [-0.4, -0.2) is 24.8 Å². The first kappa shape index (κ1) is 22.5. The van der Waals surface area contributed by atoms with Gasteiger partial charge in [0, 0.05) is 33.3 Å². The number of nitro groups is 4. The topological polar surface area (TPSA) is 193 Å². The van der Waals surface area contributed by atoms with E-state index in [-0.39, 0.29) is 39.1 Å². The van der Waals surface area contributed by atoms with Crippen molar-refractivity contribution in [2.75, 3.05) is 0 Å². The number of hydrogen-bond donors (Lipinski definition) is 1. The minimum Gasteiger partial charge on any atom is -0.507 e. The molecule has 0 bridgehead atoms. The van der Waals surface area contributed by atoms with Crippen molar-refractivity contribution in [2.45, 2.75) is 0 Å². The second-order valence-electron chi connectivity index (χ2n) is 7.06. The highest BCUT2D eigenvalue weighted by molar-refractivity contribution is 9.10. The van der Waals surface area contributed by atoms with Crippen molar-refractivity contribution in [3.63, 3.8) is 0 Å². The lowest BCUT2D eigenvalue weighted by Crippen LogP contribution is -1.99. The molecular formula is C20H9BrN4O9. The zero-order valence-corrected chi connectivity index (χ0v) is 18.1. The second kappa shape index (κ2) is 8.00. The van der Waals surface area contributed by atoms with E-state index in [0.29, 0.717) is 16.6 Å². The minimum absolute atomic E-state index is 0.00278. The maximum Gasteiger partial charge on any atom is 0.284 e. The predicted octanol–water partition coefficient (Wildman–Crippen LogP) is 5.36. The maximum atomic E-state index is 11.8. The Morgan fingerprint density at radius 2 is 1.18 bits per heavy atom. The van der Waals surface area contributed by atoms with Crippen LogP contribution in [0.25, 0.3) is 22.8 Å². The Bertz CT molecular complexity index is 1420. The van der Waals surface area contributed by atoms with Crippen molar-refractivity contribution in [1.82, 2.24) is 0 Å². The van der Waals surface area contributed by atoms with Gasteiger partial charge in [-0.25, -0.2) is 0 Å². The van der Waals surface area contributed by atoms with Gasteiger partial charge < -0.3 is 5.11 Å². The smallest absolute Gasteiger partial charge is 0.284 e. The van der Waals surface area contributed by atoms with Gasteiger partial charge in [-0.1, -0.05) is 15.9 Å². The average Bonchev–Trinajstić information content (AvgIpc) is 3.08. The zero-order chi connectivity index (χ0) is 24.9.